The van der Waals surface area contributed by atoms with Gasteiger partial charge in [0.2, 0.25) is 0 Å². The molecule has 0 saturated heterocycles. The molecule has 0 radical (unpaired) electrons. The topological polar surface area (TPSA) is 23.1 Å². The Morgan fingerprint density at radius 1 is 0.613 bits per heavy atom. The first kappa shape index (κ1) is 19.5. The molecule has 1 aromatic carbocycles. The predicted molar refractivity (Wildman–Crippen MR) is 124 cm³/mol. The molecule has 0 spiro atoms. The maximum Gasteiger partial charge on any atom is -0.00449 e. The molecule has 8 aliphatic carbocycles. The normalized spacial score (nSPS) is 47.3. The highest BCUT2D eigenvalue weighted by Crippen LogP contribution is 2.65. The number of hydrogen-bond acceptors (Lipinski definition) is 1. The van der Waals surface area contributed by atoms with Gasteiger partial charge in [-0.1, -0.05) is 32.9 Å². The van der Waals surface area contributed by atoms with Gasteiger partial charge in [-0.25, -0.2) is 0 Å². The van der Waals surface area contributed by atoms with E-state index < -0.39 is 0 Å². The smallest absolute Gasteiger partial charge is 0.00449 e. The van der Waals surface area contributed by atoms with Crippen LogP contribution in [0.1, 0.15) is 115 Å². The van der Waals surface area contributed by atoms with Gasteiger partial charge in [0.15, 0.2) is 0 Å². The van der Waals surface area contributed by atoms with Crippen LogP contribution >= 0.6 is 0 Å². The Kier molecular flexibility index (Phi) is 3.85. The third-order valence-corrected chi connectivity index (χ3v) is 11.2. The van der Waals surface area contributed by atoms with E-state index in [0.29, 0.717) is 5.75 Å². The lowest BCUT2D eigenvalue weighted by Crippen LogP contribution is -2.50. The molecule has 8 fully saturated rings. The van der Waals surface area contributed by atoms with Crippen LogP contribution in [-0.2, 0) is 16.2 Å². The van der Waals surface area contributed by atoms with Crippen LogP contribution in [0, 0.1) is 35.5 Å². The fourth-order valence-corrected chi connectivity index (χ4v) is 10.7. The molecule has 0 aliphatic heterocycles. The van der Waals surface area contributed by atoms with Crippen molar-refractivity contribution in [3.8, 4) is 5.75 Å². The van der Waals surface area contributed by atoms with Crippen LogP contribution in [0.4, 0.5) is 0 Å². The van der Waals surface area contributed by atoms with Gasteiger partial charge < -0.3 is 5.11 Å². The Morgan fingerprint density at radius 3 is 1.16 bits per heavy atom. The molecule has 9 rings (SSSR count). The SMILES string of the molecule is CC(C)(C)c1cc(C23CC4CC(CC(C4)C2)C3)c([O-])c(C23CC4CC(CC(C4)C2)C3)c1. The van der Waals surface area contributed by atoms with Crippen molar-refractivity contribution in [3.63, 3.8) is 0 Å². The highest BCUT2D eigenvalue weighted by molar-refractivity contribution is 5.53. The third kappa shape index (κ3) is 2.80. The lowest BCUT2D eigenvalue weighted by molar-refractivity contribution is -0.273. The van der Waals surface area contributed by atoms with Gasteiger partial charge in [-0.05, 0) is 145 Å². The lowest BCUT2D eigenvalue weighted by atomic mass is 9.46. The monoisotopic (exact) mass is 417 g/mol. The first-order valence-corrected chi connectivity index (χ1v) is 13.6. The van der Waals surface area contributed by atoms with E-state index in [1.165, 1.54) is 93.7 Å². The standard InChI is InChI=1S/C30H42O/c1-28(2,3)24-10-25(29-12-18-4-19(13-29)6-20(5-18)14-29)27(31)26(11-24)30-15-21-7-22(16-30)9-23(8-21)17-30/h10-11,18-23,31H,4-9,12-17H2,1-3H3/p-1. The summed E-state index contributed by atoms with van der Waals surface area (Å²) < 4.78 is 0. The summed E-state index contributed by atoms with van der Waals surface area (Å²) in [4.78, 5) is 0. The van der Waals surface area contributed by atoms with Crippen molar-refractivity contribution in [1.82, 2.24) is 0 Å². The fraction of sp³-hybridized carbons (Fsp3) is 0.800. The fourth-order valence-electron chi connectivity index (χ4n) is 10.7. The number of hydrogen-bond donors (Lipinski definition) is 0. The Bertz CT molecular complexity index is 779. The first-order valence-electron chi connectivity index (χ1n) is 13.6. The molecule has 1 heteroatoms. The predicted octanol–water partition coefficient (Wildman–Crippen LogP) is 6.99. The minimum atomic E-state index is 0.113. The Labute approximate surface area is 189 Å². The van der Waals surface area contributed by atoms with Crippen LogP contribution < -0.4 is 5.11 Å². The molecule has 8 aliphatic rings. The maximum atomic E-state index is 14.5. The number of benzene rings is 1. The van der Waals surface area contributed by atoms with E-state index in [1.54, 1.807) is 0 Å². The second-order valence-corrected chi connectivity index (χ2v) is 14.5. The summed E-state index contributed by atoms with van der Waals surface area (Å²) in [7, 11) is 0. The van der Waals surface area contributed by atoms with Crippen molar-refractivity contribution in [2.24, 2.45) is 35.5 Å². The molecule has 0 heterocycles. The van der Waals surface area contributed by atoms with Crippen LogP contribution in [-0.4, -0.2) is 0 Å². The molecule has 8 saturated carbocycles. The molecule has 1 nitrogen and oxygen atoms in total. The zero-order chi connectivity index (χ0) is 21.2. The van der Waals surface area contributed by atoms with Crippen molar-refractivity contribution in [2.45, 2.75) is 114 Å². The van der Waals surface area contributed by atoms with Crippen molar-refractivity contribution in [2.75, 3.05) is 0 Å². The Morgan fingerprint density at radius 2 is 0.903 bits per heavy atom. The molecule has 0 amide bonds. The molecule has 0 atom stereocenters. The van der Waals surface area contributed by atoms with Crippen molar-refractivity contribution >= 4 is 0 Å². The van der Waals surface area contributed by atoms with Gasteiger partial charge in [0, 0.05) is 0 Å². The summed E-state index contributed by atoms with van der Waals surface area (Å²) in [5.74, 6) is 5.88. The minimum Gasteiger partial charge on any atom is -0.872 e. The van der Waals surface area contributed by atoms with Crippen molar-refractivity contribution in [3.05, 3.63) is 28.8 Å². The summed E-state index contributed by atoms with van der Waals surface area (Å²) in [6, 6.07) is 4.86. The van der Waals surface area contributed by atoms with Gasteiger partial charge in [0.25, 0.3) is 0 Å². The van der Waals surface area contributed by atoms with Gasteiger partial charge in [-0.15, -0.1) is 5.75 Å². The van der Waals surface area contributed by atoms with E-state index >= 15 is 0 Å². The third-order valence-electron chi connectivity index (χ3n) is 11.2. The van der Waals surface area contributed by atoms with Crippen molar-refractivity contribution < 1.29 is 5.11 Å². The van der Waals surface area contributed by atoms with E-state index in [4.69, 9.17) is 0 Å². The highest BCUT2D eigenvalue weighted by Gasteiger charge is 2.54. The maximum absolute atomic E-state index is 14.5. The molecular formula is C30H41O-. The Hall–Kier alpha value is -0.980. The molecule has 0 N–H and O–H groups in total. The first-order chi connectivity index (χ1) is 14.7. The van der Waals surface area contributed by atoms with Gasteiger partial charge in [0.05, 0.1) is 0 Å². The molecule has 31 heavy (non-hydrogen) atoms. The van der Waals surface area contributed by atoms with E-state index in [9.17, 15) is 5.11 Å². The van der Waals surface area contributed by atoms with Crippen LogP contribution in [0.15, 0.2) is 12.1 Å². The summed E-state index contributed by atoms with van der Waals surface area (Å²) in [6.07, 6.45) is 16.6. The molecule has 0 unspecified atom stereocenters. The molecular weight excluding hydrogens is 376 g/mol. The quantitative estimate of drug-likeness (QED) is 0.508. The zero-order valence-corrected chi connectivity index (χ0v) is 20.0. The van der Waals surface area contributed by atoms with Gasteiger partial charge >= 0.3 is 0 Å². The second kappa shape index (κ2) is 6.12. The second-order valence-electron chi connectivity index (χ2n) is 14.5. The average molecular weight is 418 g/mol. The van der Waals surface area contributed by atoms with E-state index in [2.05, 4.69) is 32.9 Å². The van der Waals surface area contributed by atoms with Gasteiger partial charge in [-0.2, -0.15) is 0 Å². The molecule has 0 aromatic heterocycles. The van der Waals surface area contributed by atoms with Gasteiger partial charge in [0.1, 0.15) is 0 Å². The molecule has 168 valence electrons. The van der Waals surface area contributed by atoms with Crippen LogP contribution in [0.25, 0.3) is 0 Å². The summed E-state index contributed by atoms with van der Waals surface area (Å²) in [5.41, 5.74) is 4.55. The van der Waals surface area contributed by atoms with E-state index in [1.807, 2.05) is 0 Å². The van der Waals surface area contributed by atoms with Gasteiger partial charge in [-0.3, -0.25) is 0 Å². The summed E-state index contributed by atoms with van der Waals surface area (Å²) >= 11 is 0. The van der Waals surface area contributed by atoms with Crippen molar-refractivity contribution in [1.29, 1.82) is 0 Å². The Balaban J connectivity index is 1.40. The lowest BCUT2D eigenvalue weighted by Gasteiger charge is -2.60. The molecule has 8 bridgehead atoms. The minimum absolute atomic E-state index is 0.113. The average Bonchev–Trinajstić information content (AvgIpc) is 2.64. The highest BCUT2D eigenvalue weighted by atomic mass is 16.3. The zero-order valence-electron chi connectivity index (χ0n) is 20.0. The van der Waals surface area contributed by atoms with Crippen LogP contribution in [0.3, 0.4) is 0 Å². The largest absolute Gasteiger partial charge is 0.872 e. The summed E-state index contributed by atoms with van der Waals surface area (Å²) in [6.45, 7) is 7.08. The number of rotatable bonds is 2. The molecule has 1 aromatic rings. The van der Waals surface area contributed by atoms with Crippen LogP contribution in [0.2, 0.25) is 0 Å². The van der Waals surface area contributed by atoms with E-state index in [0.717, 1.165) is 35.5 Å². The van der Waals surface area contributed by atoms with E-state index in [-0.39, 0.29) is 16.2 Å². The van der Waals surface area contributed by atoms with Crippen LogP contribution in [0.5, 0.6) is 5.75 Å². The summed E-state index contributed by atoms with van der Waals surface area (Å²) in [5, 5.41) is 14.5.